The molecule has 0 heterocycles. The molecular weight excluding hydrogens is 313 g/mol. The molecule has 3 nitrogen and oxygen atoms in total. The highest BCUT2D eigenvalue weighted by molar-refractivity contribution is 14.0. The summed E-state index contributed by atoms with van der Waals surface area (Å²) in [5.41, 5.74) is 7.82. The second-order valence-electron chi connectivity index (χ2n) is 3.08. The third kappa shape index (κ3) is 5.03. The monoisotopic (exact) mass is 329 g/mol. The van der Waals surface area contributed by atoms with Gasteiger partial charge in [-0.25, -0.2) is 4.99 Å². The zero-order valence-electron chi connectivity index (χ0n) is 9.23. The number of halogens is 1. The van der Waals surface area contributed by atoms with Crippen LogP contribution in [-0.2, 0) is 6.42 Å². The van der Waals surface area contributed by atoms with Gasteiger partial charge < -0.3 is 11.1 Å². The van der Waals surface area contributed by atoms with E-state index in [4.69, 9.17) is 12.2 Å². The Morgan fingerprint density at radius 2 is 2.06 bits per heavy atom. The molecule has 0 aliphatic rings. The lowest BCUT2D eigenvalue weighted by molar-refractivity contribution is 1.14. The van der Waals surface area contributed by atoms with Gasteiger partial charge in [-0.2, -0.15) is 0 Å². The van der Waals surface area contributed by atoms with Crippen LogP contribution in [0.5, 0.6) is 0 Å². The normalized spacial score (nSPS) is 10.1. The minimum Gasteiger partial charge on any atom is -0.370 e. The Morgan fingerprint density at radius 1 is 1.44 bits per heavy atom. The van der Waals surface area contributed by atoms with Crippen LogP contribution in [0.3, 0.4) is 0 Å². The molecule has 0 fully saturated rings. The molecule has 3 N–H and O–H groups in total. The van der Waals surface area contributed by atoms with Crippen molar-refractivity contribution in [3.05, 3.63) is 29.8 Å². The summed E-state index contributed by atoms with van der Waals surface area (Å²) < 4.78 is 0. The summed E-state index contributed by atoms with van der Waals surface area (Å²) in [4.78, 5) is 3.93. The van der Waals surface area contributed by atoms with E-state index in [9.17, 15) is 0 Å². The average molecular weight is 329 g/mol. The Balaban J connectivity index is 0.00000225. The molecule has 1 aromatic carbocycles. The quantitative estimate of drug-likeness (QED) is 0.387. The fourth-order valence-electron chi connectivity index (χ4n) is 1.14. The van der Waals surface area contributed by atoms with E-state index < -0.39 is 0 Å². The summed E-state index contributed by atoms with van der Waals surface area (Å²) in [5, 5.41) is 2.96. The average Bonchev–Trinajstić information content (AvgIpc) is 2.27. The van der Waals surface area contributed by atoms with Crippen molar-refractivity contribution in [2.24, 2.45) is 10.7 Å². The maximum Gasteiger partial charge on any atom is 0.194 e. The zero-order chi connectivity index (χ0) is 11.1. The first kappa shape index (κ1) is 14.8. The molecule has 0 aromatic heterocycles. The SMILES string of the molecule is C#CCN=C(N)Nc1ccc(CC)cc1.I. The molecule has 16 heavy (non-hydrogen) atoms. The van der Waals surface area contributed by atoms with E-state index in [2.05, 4.69) is 35.3 Å². The lowest BCUT2D eigenvalue weighted by atomic mass is 10.1. The lowest BCUT2D eigenvalue weighted by Gasteiger charge is -2.05. The number of aryl methyl sites for hydroxylation is 1. The summed E-state index contributed by atoms with van der Waals surface area (Å²) >= 11 is 0. The van der Waals surface area contributed by atoms with E-state index in [0.717, 1.165) is 12.1 Å². The predicted molar refractivity (Wildman–Crippen MR) is 80.2 cm³/mol. The van der Waals surface area contributed by atoms with Crippen molar-refractivity contribution in [2.45, 2.75) is 13.3 Å². The smallest absolute Gasteiger partial charge is 0.194 e. The second kappa shape index (κ2) is 7.99. The van der Waals surface area contributed by atoms with Crippen LogP contribution in [0, 0.1) is 12.3 Å². The van der Waals surface area contributed by atoms with Gasteiger partial charge in [0.25, 0.3) is 0 Å². The summed E-state index contributed by atoms with van der Waals surface area (Å²) in [7, 11) is 0. The van der Waals surface area contributed by atoms with Crippen LogP contribution >= 0.6 is 24.0 Å². The van der Waals surface area contributed by atoms with E-state index in [1.165, 1.54) is 5.56 Å². The summed E-state index contributed by atoms with van der Waals surface area (Å²) in [6, 6.07) is 8.04. The molecule has 0 saturated carbocycles. The van der Waals surface area contributed by atoms with Gasteiger partial charge in [-0.3, -0.25) is 0 Å². The van der Waals surface area contributed by atoms with Gasteiger partial charge in [0, 0.05) is 5.69 Å². The number of nitrogens with two attached hydrogens (primary N) is 1. The van der Waals surface area contributed by atoms with Gasteiger partial charge in [-0.05, 0) is 24.1 Å². The van der Waals surface area contributed by atoms with Gasteiger partial charge >= 0.3 is 0 Å². The number of nitrogens with one attached hydrogen (secondary N) is 1. The van der Waals surface area contributed by atoms with Crippen molar-refractivity contribution in [2.75, 3.05) is 11.9 Å². The molecule has 86 valence electrons. The van der Waals surface area contributed by atoms with E-state index in [-0.39, 0.29) is 24.0 Å². The first-order chi connectivity index (χ1) is 7.26. The van der Waals surface area contributed by atoms with Crippen molar-refractivity contribution >= 4 is 35.6 Å². The molecule has 1 rings (SSSR count). The van der Waals surface area contributed by atoms with Gasteiger partial charge in [-0.15, -0.1) is 30.4 Å². The van der Waals surface area contributed by atoms with Crippen molar-refractivity contribution < 1.29 is 0 Å². The third-order valence-electron chi connectivity index (χ3n) is 1.98. The van der Waals surface area contributed by atoms with E-state index in [1.54, 1.807) is 0 Å². The lowest BCUT2D eigenvalue weighted by Crippen LogP contribution is -2.22. The maximum absolute atomic E-state index is 5.61. The molecule has 1 aromatic rings. The molecular formula is C12H16IN3. The van der Waals surface area contributed by atoms with E-state index in [1.807, 2.05) is 12.1 Å². The second-order valence-corrected chi connectivity index (χ2v) is 3.08. The number of rotatable bonds is 3. The van der Waals surface area contributed by atoms with Gasteiger partial charge in [0.05, 0.1) is 0 Å². The molecule has 0 amide bonds. The number of anilines is 1. The highest BCUT2D eigenvalue weighted by Gasteiger charge is 1.94. The molecule has 0 unspecified atom stereocenters. The predicted octanol–water partition coefficient (Wildman–Crippen LogP) is 2.23. The van der Waals surface area contributed by atoms with Crippen LogP contribution in [0.2, 0.25) is 0 Å². The fourth-order valence-corrected chi connectivity index (χ4v) is 1.14. The van der Waals surface area contributed by atoms with Crippen molar-refractivity contribution in [3.8, 4) is 12.3 Å². The molecule has 0 bridgehead atoms. The Kier molecular flexibility index (Phi) is 7.38. The Bertz CT molecular complexity index is 376. The zero-order valence-corrected chi connectivity index (χ0v) is 11.6. The summed E-state index contributed by atoms with van der Waals surface area (Å²) in [6.45, 7) is 2.41. The number of hydrogen-bond acceptors (Lipinski definition) is 1. The molecule has 4 heteroatoms. The van der Waals surface area contributed by atoms with Crippen molar-refractivity contribution in [1.29, 1.82) is 0 Å². The van der Waals surface area contributed by atoms with E-state index in [0.29, 0.717) is 12.5 Å². The standard InChI is InChI=1S/C12H15N3.HI/c1-3-9-14-12(13)15-11-7-5-10(4-2)6-8-11;/h1,5-8H,4,9H2,2H3,(H3,13,14,15);1H. The highest BCUT2D eigenvalue weighted by atomic mass is 127. The van der Waals surface area contributed by atoms with Crippen LogP contribution in [0.15, 0.2) is 29.3 Å². The molecule has 0 aliphatic carbocycles. The first-order valence-electron chi connectivity index (χ1n) is 4.85. The number of hydrogen-bond donors (Lipinski definition) is 2. The van der Waals surface area contributed by atoms with Crippen molar-refractivity contribution in [1.82, 2.24) is 0 Å². The molecule has 0 radical (unpaired) electrons. The van der Waals surface area contributed by atoms with Crippen LogP contribution < -0.4 is 11.1 Å². The summed E-state index contributed by atoms with van der Waals surface area (Å²) in [5.74, 6) is 2.74. The Morgan fingerprint density at radius 3 is 2.56 bits per heavy atom. The summed E-state index contributed by atoms with van der Waals surface area (Å²) in [6.07, 6.45) is 6.10. The van der Waals surface area contributed by atoms with Crippen LogP contribution in [0.1, 0.15) is 12.5 Å². The number of aliphatic imine (C=N–C) groups is 1. The van der Waals surface area contributed by atoms with Crippen LogP contribution in [0.25, 0.3) is 0 Å². The number of terminal acetylenes is 1. The van der Waals surface area contributed by atoms with Crippen molar-refractivity contribution in [3.63, 3.8) is 0 Å². The minimum absolute atomic E-state index is 0. The van der Waals surface area contributed by atoms with E-state index >= 15 is 0 Å². The van der Waals surface area contributed by atoms with Gasteiger partial charge in [0.1, 0.15) is 6.54 Å². The largest absolute Gasteiger partial charge is 0.370 e. The fraction of sp³-hybridized carbons (Fsp3) is 0.250. The number of guanidine groups is 1. The topological polar surface area (TPSA) is 50.4 Å². The third-order valence-corrected chi connectivity index (χ3v) is 1.98. The molecule has 0 saturated heterocycles. The van der Waals surface area contributed by atoms with Crippen LogP contribution in [-0.4, -0.2) is 12.5 Å². The van der Waals surface area contributed by atoms with Gasteiger partial charge in [0.2, 0.25) is 0 Å². The van der Waals surface area contributed by atoms with Gasteiger partial charge in [0.15, 0.2) is 5.96 Å². The van der Waals surface area contributed by atoms with Crippen LogP contribution in [0.4, 0.5) is 5.69 Å². The number of nitrogens with zero attached hydrogens (tertiary/aromatic N) is 1. The molecule has 0 aliphatic heterocycles. The number of benzene rings is 1. The minimum atomic E-state index is 0. The van der Waals surface area contributed by atoms with Gasteiger partial charge in [-0.1, -0.05) is 25.0 Å². The maximum atomic E-state index is 5.61. The Labute approximate surface area is 114 Å². The molecule has 0 spiro atoms. The molecule has 0 atom stereocenters. The first-order valence-corrected chi connectivity index (χ1v) is 4.85. The Hall–Kier alpha value is -1.22. The highest BCUT2D eigenvalue weighted by Crippen LogP contribution is 2.09.